The Morgan fingerprint density at radius 3 is 2.64 bits per heavy atom. The van der Waals surface area contributed by atoms with Crippen LogP contribution in [0.4, 0.5) is 0 Å². The maximum atomic E-state index is 12.1. The Kier molecular flexibility index (Phi) is 5.78. The minimum absolute atomic E-state index is 0.00150. The van der Waals surface area contributed by atoms with E-state index in [1.165, 1.54) is 62.8 Å². The normalized spacial score (nSPS) is 11.8. The van der Waals surface area contributed by atoms with Crippen molar-refractivity contribution in [2.24, 2.45) is 5.10 Å². The number of hydrazone groups is 1. The van der Waals surface area contributed by atoms with Crippen molar-refractivity contribution in [3.05, 3.63) is 58.6 Å². The molecule has 0 atom stereocenters. The number of phenols is 1. The Bertz CT molecular complexity index is 927. The van der Waals surface area contributed by atoms with Gasteiger partial charge in [0.1, 0.15) is 5.75 Å². The highest BCUT2D eigenvalue weighted by Gasteiger charge is 2.18. The van der Waals surface area contributed by atoms with Crippen molar-refractivity contribution in [3.8, 4) is 5.75 Å². The van der Waals surface area contributed by atoms with Gasteiger partial charge in [-0.05, 0) is 36.4 Å². The summed E-state index contributed by atoms with van der Waals surface area (Å²) in [5.41, 5.74) is 2.73. The van der Waals surface area contributed by atoms with Crippen LogP contribution in [-0.2, 0) is 10.0 Å². The Morgan fingerprint density at radius 2 is 1.96 bits per heavy atom. The van der Waals surface area contributed by atoms with Gasteiger partial charge in [-0.3, -0.25) is 4.79 Å². The molecule has 0 aliphatic rings. The number of carbonyl (C=O) groups is 1. The Labute approximate surface area is 150 Å². The number of phenolic OH excluding ortho intramolecular Hbond substituents is 1. The minimum Gasteiger partial charge on any atom is -0.507 e. The van der Waals surface area contributed by atoms with Crippen molar-refractivity contribution in [1.82, 2.24) is 9.73 Å². The number of nitrogens with zero attached hydrogens (tertiary/aromatic N) is 2. The lowest BCUT2D eigenvalue weighted by molar-refractivity contribution is 0.0955. The van der Waals surface area contributed by atoms with Crippen LogP contribution in [0.3, 0.4) is 0 Å². The molecule has 0 bridgehead atoms. The number of halogens is 1. The molecule has 0 heterocycles. The van der Waals surface area contributed by atoms with Gasteiger partial charge in [-0.25, -0.2) is 18.1 Å². The summed E-state index contributed by atoms with van der Waals surface area (Å²) in [5.74, 6) is -0.630. The van der Waals surface area contributed by atoms with Crippen molar-refractivity contribution in [1.29, 1.82) is 0 Å². The first-order valence-corrected chi connectivity index (χ1v) is 8.88. The molecule has 9 heteroatoms. The number of aromatic hydroxyl groups is 1. The van der Waals surface area contributed by atoms with Gasteiger partial charge in [0, 0.05) is 30.2 Å². The predicted octanol–water partition coefficient (Wildman–Crippen LogP) is 2.06. The monoisotopic (exact) mass is 381 g/mol. The first-order valence-electron chi connectivity index (χ1n) is 7.06. The quantitative estimate of drug-likeness (QED) is 0.611. The summed E-state index contributed by atoms with van der Waals surface area (Å²) < 4.78 is 25.3. The van der Waals surface area contributed by atoms with Crippen LogP contribution in [0.5, 0.6) is 5.75 Å². The van der Waals surface area contributed by atoms with Crippen LogP contribution in [0, 0.1) is 0 Å². The standard InChI is InChI=1S/C16H16ClN3O4S/c1-20(2)25(23,24)14-5-3-4-11(9-14)16(22)19-18-10-12-8-13(17)6-7-15(12)21/h3-10,21H,1-2H3,(H,19,22)/b18-10+. The zero-order chi connectivity index (χ0) is 18.6. The highest BCUT2D eigenvalue weighted by Crippen LogP contribution is 2.19. The van der Waals surface area contributed by atoms with Crippen molar-refractivity contribution >= 4 is 33.7 Å². The molecule has 0 aromatic heterocycles. The molecule has 1 amide bonds. The minimum atomic E-state index is -3.64. The highest BCUT2D eigenvalue weighted by molar-refractivity contribution is 7.89. The van der Waals surface area contributed by atoms with Crippen molar-refractivity contribution in [2.45, 2.75) is 4.90 Å². The molecule has 0 saturated heterocycles. The second-order valence-electron chi connectivity index (χ2n) is 5.22. The molecule has 0 saturated carbocycles. The molecule has 25 heavy (non-hydrogen) atoms. The SMILES string of the molecule is CN(C)S(=O)(=O)c1cccc(C(=O)N/N=C/c2cc(Cl)ccc2O)c1. The summed E-state index contributed by atoms with van der Waals surface area (Å²) in [6, 6.07) is 10.0. The highest BCUT2D eigenvalue weighted by atomic mass is 35.5. The number of sulfonamides is 1. The summed E-state index contributed by atoms with van der Waals surface area (Å²) in [4.78, 5) is 12.1. The second kappa shape index (κ2) is 7.64. The molecule has 7 nitrogen and oxygen atoms in total. The number of hydrogen-bond acceptors (Lipinski definition) is 5. The van der Waals surface area contributed by atoms with Crippen molar-refractivity contribution in [2.75, 3.05) is 14.1 Å². The maximum absolute atomic E-state index is 12.1. The number of hydrogen-bond donors (Lipinski definition) is 2. The number of amides is 1. The Hall–Kier alpha value is -2.42. The average molecular weight is 382 g/mol. The zero-order valence-corrected chi connectivity index (χ0v) is 15.0. The summed E-state index contributed by atoms with van der Waals surface area (Å²) in [6.45, 7) is 0. The van der Waals surface area contributed by atoms with E-state index in [1.807, 2.05) is 0 Å². The van der Waals surface area contributed by atoms with Crippen molar-refractivity contribution < 1.29 is 18.3 Å². The number of nitrogens with one attached hydrogen (secondary N) is 1. The van der Waals surface area contributed by atoms with Crippen LogP contribution in [0.2, 0.25) is 5.02 Å². The molecule has 2 aromatic rings. The maximum Gasteiger partial charge on any atom is 0.271 e. The molecule has 2 aromatic carbocycles. The van der Waals surface area contributed by atoms with E-state index < -0.39 is 15.9 Å². The lowest BCUT2D eigenvalue weighted by atomic mass is 10.2. The predicted molar refractivity (Wildman–Crippen MR) is 95.5 cm³/mol. The molecule has 0 fully saturated rings. The molecule has 0 spiro atoms. The van der Waals surface area contributed by atoms with Crippen LogP contribution in [0.1, 0.15) is 15.9 Å². The van der Waals surface area contributed by atoms with Gasteiger partial charge < -0.3 is 5.11 Å². The van der Waals surface area contributed by atoms with E-state index in [9.17, 15) is 18.3 Å². The smallest absolute Gasteiger partial charge is 0.271 e. The topological polar surface area (TPSA) is 99.1 Å². The van der Waals surface area contributed by atoms with E-state index in [4.69, 9.17) is 11.6 Å². The number of rotatable bonds is 5. The first-order chi connectivity index (χ1) is 11.7. The average Bonchev–Trinajstić information content (AvgIpc) is 2.57. The summed E-state index contributed by atoms with van der Waals surface area (Å²) >= 11 is 5.82. The van der Waals surface area contributed by atoms with E-state index in [2.05, 4.69) is 10.5 Å². The molecule has 132 valence electrons. The van der Waals surface area contributed by atoms with Gasteiger partial charge in [0.05, 0.1) is 11.1 Å². The molecule has 0 radical (unpaired) electrons. The Morgan fingerprint density at radius 1 is 1.24 bits per heavy atom. The number of carbonyl (C=O) groups excluding carboxylic acids is 1. The van der Waals surface area contributed by atoms with Gasteiger partial charge in [0.2, 0.25) is 10.0 Å². The molecule has 0 aliphatic heterocycles. The van der Waals surface area contributed by atoms with Gasteiger partial charge in [-0.15, -0.1) is 0 Å². The second-order valence-corrected chi connectivity index (χ2v) is 7.81. The molecule has 2 N–H and O–H groups in total. The number of benzene rings is 2. The largest absolute Gasteiger partial charge is 0.507 e. The van der Waals surface area contributed by atoms with Crippen LogP contribution in [0.25, 0.3) is 0 Å². The third kappa shape index (κ3) is 4.56. The van der Waals surface area contributed by atoms with Gasteiger partial charge in [-0.1, -0.05) is 17.7 Å². The fourth-order valence-corrected chi connectivity index (χ4v) is 2.99. The molecular weight excluding hydrogens is 366 g/mol. The van der Waals surface area contributed by atoms with Crippen LogP contribution < -0.4 is 5.43 Å². The first kappa shape index (κ1) is 18.9. The van der Waals surface area contributed by atoms with Crippen molar-refractivity contribution in [3.63, 3.8) is 0 Å². The third-order valence-electron chi connectivity index (χ3n) is 3.23. The fraction of sp³-hybridized carbons (Fsp3) is 0.125. The molecular formula is C16H16ClN3O4S. The van der Waals surface area contributed by atoms with E-state index in [1.54, 1.807) is 0 Å². The molecule has 2 rings (SSSR count). The van der Waals surface area contributed by atoms with E-state index in [0.29, 0.717) is 10.6 Å². The van der Waals surface area contributed by atoms with Gasteiger partial charge >= 0.3 is 0 Å². The lowest BCUT2D eigenvalue weighted by Crippen LogP contribution is -2.23. The molecule has 0 aliphatic carbocycles. The molecule has 0 unspecified atom stereocenters. The van der Waals surface area contributed by atoms with E-state index >= 15 is 0 Å². The zero-order valence-electron chi connectivity index (χ0n) is 13.5. The van der Waals surface area contributed by atoms with Gasteiger partial charge in [0.15, 0.2) is 0 Å². The Balaban J connectivity index is 2.17. The van der Waals surface area contributed by atoms with Crippen LogP contribution in [0.15, 0.2) is 52.5 Å². The van der Waals surface area contributed by atoms with E-state index in [-0.39, 0.29) is 16.2 Å². The summed E-state index contributed by atoms with van der Waals surface area (Å²) in [6.07, 6.45) is 1.24. The van der Waals surface area contributed by atoms with E-state index in [0.717, 1.165) is 4.31 Å². The van der Waals surface area contributed by atoms with Gasteiger partial charge in [-0.2, -0.15) is 5.10 Å². The summed E-state index contributed by atoms with van der Waals surface area (Å²) in [5, 5.41) is 13.8. The lowest BCUT2D eigenvalue weighted by Gasteiger charge is -2.11. The van der Waals surface area contributed by atoms with Crippen LogP contribution in [-0.4, -0.2) is 44.0 Å². The summed E-state index contributed by atoms with van der Waals surface area (Å²) in [7, 11) is -0.826. The third-order valence-corrected chi connectivity index (χ3v) is 5.28. The fourth-order valence-electron chi connectivity index (χ4n) is 1.86. The van der Waals surface area contributed by atoms with Gasteiger partial charge in [0.25, 0.3) is 5.91 Å². The van der Waals surface area contributed by atoms with Crippen LogP contribution >= 0.6 is 11.6 Å².